The van der Waals surface area contributed by atoms with Crippen molar-refractivity contribution in [2.24, 2.45) is 11.8 Å². The van der Waals surface area contributed by atoms with Crippen molar-refractivity contribution in [1.29, 1.82) is 0 Å². The van der Waals surface area contributed by atoms with Gasteiger partial charge >= 0.3 is 11.9 Å². The van der Waals surface area contributed by atoms with Gasteiger partial charge in [-0.15, -0.1) is 0 Å². The van der Waals surface area contributed by atoms with E-state index in [-0.39, 0.29) is 11.5 Å². The van der Waals surface area contributed by atoms with Gasteiger partial charge in [-0.1, -0.05) is 0 Å². The highest BCUT2D eigenvalue weighted by atomic mass is 79.9. The van der Waals surface area contributed by atoms with Crippen LogP contribution in [0.2, 0.25) is 0 Å². The second kappa shape index (κ2) is 10.4. The Kier molecular flexibility index (Phi) is 8.42. The molecule has 1 heterocycles. The number of carbonyl (C=O) groups excluding carboxylic acids is 1. The Morgan fingerprint density at radius 1 is 1.21 bits per heavy atom. The average molecular weight is 532 g/mol. The van der Waals surface area contributed by atoms with E-state index < -0.39 is 23.8 Å². The van der Waals surface area contributed by atoms with Crippen molar-refractivity contribution in [2.75, 3.05) is 31.6 Å². The molecule has 1 aliphatic rings. The monoisotopic (exact) mass is 530 g/mol. The van der Waals surface area contributed by atoms with Gasteiger partial charge in [0.05, 0.1) is 11.5 Å². The smallest absolute Gasteiger partial charge is 0.332 e. The van der Waals surface area contributed by atoms with Gasteiger partial charge in [0.25, 0.3) is 0 Å². The molecule has 0 bridgehead atoms. The third kappa shape index (κ3) is 5.90. The quantitative estimate of drug-likeness (QED) is 0.521. The summed E-state index contributed by atoms with van der Waals surface area (Å²) in [6.45, 7) is 3.59. The number of halogens is 2. The van der Waals surface area contributed by atoms with Crippen LogP contribution in [0.3, 0.4) is 0 Å². The van der Waals surface area contributed by atoms with E-state index in [2.05, 4.69) is 36.8 Å². The number of carboxylic acid groups (broad SMARTS) is 2. The van der Waals surface area contributed by atoms with E-state index in [0.29, 0.717) is 31.1 Å². The number of benzene rings is 1. The van der Waals surface area contributed by atoms with Crippen molar-refractivity contribution in [3.8, 4) is 0 Å². The number of carboxylic acids is 2. The molecular formula is C20H24Br2N2O5. The summed E-state index contributed by atoms with van der Waals surface area (Å²) in [6.07, 6.45) is 1.91. The lowest BCUT2D eigenvalue weighted by atomic mass is 9.78. The Balaban J connectivity index is 2.49. The van der Waals surface area contributed by atoms with Crippen LogP contribution in [0, 0.1) is 11.8 Å². The number of aliphatic carboxylic acids is 2. The zero-order valence-corrected chi connectivity index (χ0v) is 19.4. The number of hydrogen-bond acceptors (Lipinski definition) is 4. The maximum absolute atomic E-state index is 13.6. The number of hydrogen-bond donors (Lipinski definition) is 2. The van der Waals surface area contributed by atoms with Gasteiger partial charge in [-0.3, -0.25) is 4.79 Å². The zero-order valence-electron chi connectivity index (χ0n) is 16.3. The summed E-state index contributed by atoms with van der Waals surface area (Å²) in [5, 5.41) is 18.9. The Labute approximate surface area is 186 Å². The molecule has 0 radical (unpaired) electrons. The first-order valence-electron chi connectivity index (χ1n) is 9.28. The fourth-order valence-corrected chi connectivity index (χ4v) is 4.27. The Hall–Kier alpha value is -1.71. The Morgan fingerprint density at radius 3 is 2.31 bits per heavy atom. The predicted molar refractivity (Wildman–Crippen MR) is 117 cm³/mol. The van der Waals surface area contributed by atoms with Crippen LogP contribution >= 0.6 is 31.9 Å². The topological polar surface area (TPSA) is 98.2 Å². The second-order valence-electron chi connectivity index (χ2n) is 7.04. The van der Waals surface area contributed by atoms with E-state index in [9.17, 15) is 24.6 Å². The molecule has 2 rings (SSSR count). The molecule has 1 aliphatic heterocycles. The highest BCUT2D eigenvalue weighted by molar-refractivity contribution is 9.13. The minimum Gasteiger partial charge on any atom is -0.478 e. The second-order valence-corrected chi connectivity index (χ2v) is 8.75. The lowest BCUT2D eigenvalue weighted by molar-refractivity contribution is -0.137. The lowest BCUT2D eigenvalue weighted by Crippen LogP contribution is -2.44. The third-order valence-corrected chi connectivity index (χ3v) is 7.04. The SMILES string of the molecule is CCN(C(=O)C(/C(=C\C(=O)O)C(=O)O)C1CCN(C)CC1)c1ccc(Br)c(Br)c1. The van der Waals surface area contributed by atoms with Gasteiger partial charge < -0.3 is 20.0 Å². The fraction of sp³-hybridized carbons (Fsp3) is 0.450. The first-order chi connectivity index (χ1) is 13.6. The molecule has 29 heavy (non-hydrogen) atoms. The molecule has 1 aromatic rings. The highest BCUT2D eigenvalue weighted by Crippen LogP contribution is 2.34. The maximum atomic E-state index is 13.6. The van der Waals surface area contributed by atoms with E-state index in [1.165, 1.54) is 4.90 Å². The summed E-state index contributed by atoms with van der Waals surface area (Å²) in [5.41, 5.74) is 0.247. The first kappa shape index (κ1) is 23.6. The molecule has 0 aromatic heterocycles. The van der Waals surface area contributed by atoms with Crippen LogP contribution in [0.15, 0.2) is 38.8 Å². The van der Waals surface area contributed by atoms with Crippen molar-refractivity contribution in [3.05, 3.63) is 38.8 Å². The standard InChI is InChI=1S/C20H24Br2N2O5/c1-3-24(13-4-5-15(21)16(22)10-13)19(27)18(12-6-8-23(2)9-7-12)14(20(28)29)11-17(25)26/h4-5,10-12,18H,3,6-9H2,1-2H3,(H,25,26)(H,28,29)/b14-11+. The highest BCUT2D eigenvalue weighted by Gasteiger charge is 2.39. The van der Waals surface area contributed by atoms with E-state index in [0.717, 1.165) is 22.0 Å². The van der Waals surface area contributed by atoms with Crippen molar-refractivity contribution in [3.63, 3.8) is 0 Å². The molecule has 1 fully saturated rings. The van der Waals surface area contributed by atoms with Gasteiger partial charge in [-0.25, -0.2) is 9.59 Å². The Morgan fingerprint density at radius 2 is 1.83 bits per heavy atom. The summed E-state index contributed by atoms with van der Waals surface area (Å²) in [6, 6.07) is 5.34. The van der Waals surface area contributed by atoms with Gasteiger partial charge in [-0.2, -0.15) is 0 Å². The fourth-order valence-electron chi connectivity index (χ4n) is 3.65. The normalized spacial score (nSPS) is 17.0. The molecule has 1 saturated heterocycles. The van der Waals surface area contributed by atoms with Gasteiger partial charge in [0.2, 0.25) is 5.91 Å². The maximum Gasteiger partial charge on any atom is 0.332 e. The van der Waals surface area contributed by atoms with E-state index >= 15 is 0 Å². The summed E-state index contributed by atoms with van der Waals surface area (Å²) in [4.78, 5) is 40.4. The van der Waals surface area contributed by atoms with Crippen LogP contribution < -0.4 is 4.90 Å². The van der Waals surface area contributed by atoms with Gasteiger partial charge in [0, 0.05) is 27.3 Å². The number of nitrogens with zero attached hydrogens (tertiary/aromatic N) is 2. The molecule has 0 saturated carbocycles. The van der Waals surface area contributed by atoms with Crippen LogP contribution in [0.25, 0.3) is 0 Å². The number of likely N-dealkylation sites (tertiary alicyclic amines) is 1. The minimum atomic E-state index is -1.38. The van der Waals surface area contributed by atoms with Gasteiger partial charge in [-0.05, 0) is 95.9 Å². The number of anilines is 1. The molecule has 0 spiro atoms. The van der Waals surface area contributed by atoms with Gasteiger partial charge in [0.15, 0.2) is 0 Å². The van der Waals surface area contributed by atoms with Crippen molar-refractivity contribution >= 4 is 55.4 Å². The van der Waals surface area contributed by atoms with E-state index in [1.54, 1.807) is 25.1 Å². The van der Waals surface area contributed by atoms with Crippen molar-refractivity contribution in [1.82, 2.24) is 4.90 Å². The Bertz CT molecular complexity index is 819. The summed E-state index contributed by atoms with van der Waals surface area (Å²) >= 11 is 6.82. The van der Waals surface area contributed by atoms with Crippen LogP contribution in [0.1, 0.15) is 19.8 Å². The number of piperidine rings is 1. The predicted octanol–water partition coefficient (Wildman–Crippen LogP) is 3.62. The van der Waals surface area contributed by atoms with Crippen LogP contribution in [-0.4, -0.2) is 59.6 Å². The number of carbonyl (C=O) groups is 3. The van der Waals surface area contributed by atoms with Crippen molar-refractivity contribution < 1.29 is 24.6 Å². The summed E-state index contributed by atoms with van der Waals surface area (Å²) < 4.78 is 1.59. The van der Waals surface area contributed by atoms with Crippen LogP contribution in [0.4, 0.5) is 5.69 Å². The molecule has 1 unspecified atom stereocenters. The molecule has 1 atom stereocenters. The molecule has 9 heteroatoms. The molecule has 1 amide bonds. The number of rotatable bonds is 7. The zero-order chi connectivity index (χ0) is 21.7. The lowest BCUT2D eigenvalue weighted by Gasteiger charge is -2.36. The van der Waals surface area contributed by atoms with E-state index in [1.807, 2.05) is 7.05 Å². The summed E-state index contributed by atoms with van der Waals surface area (Å²) in [7, 11) is 1.97. The molecule has 7 nitrogen and oxygen atoms in total. The average Bonchev–Trinajstić information content (AvgIpc) is 2.65. The molecule has 0 aliphatic carbocycles. The molecule has 158 valence electrons. The largest absolute Gasteiger partial charge is 0.478 e. The number of amides is 1. The molecule has 1 aromatic carbocycles. The van der Waals surface area contributed by atoms with Crippen molar-refractivity contribution in [2.45, 2.75) is 19.8 Å². The van der Waals surface area contributed by atoms with Crippen LogP contribution in [0.5, 0.6) is 0 Å². The summed E-state index contributed by atoms with van der Waals surface area (Å²) in [5.74, 6) is -4.42. The third-order valence-electron chi connectivity index (χ3n) is 5.16. The first-order valence-corrected chi connectivity index (χ1v) is 10.9. The molecular weight excluding hydrogens is 508 g/mol. The van der Waals surface area contributed by atoms with Gasteiger partial charge in [0.1, 0.15) is 0 Å². The van der Waals surface area contributed by atoms with E-state index in [4.69, 9.17) is 0 Å². The van der Waals surface area contributed by atoms with Crippen LogP contribution in [-0.2, 0) is 14.4 Å². The minimum absolute atomic E-state index is 0.242. The molecule has 2 N–H and O–H groups in total.